The zero-order chi connectivity index (χ0) is 34.6. The number of rotatable bonds is 6. The Morgan fingerprint density at radius 3 is 1.40 bits per heavy atom. The average molecular weight is 666 g/mol. The lowest BCUT2D eigenvalue weighted by molar-refractivity contribution is 0.662. The molecule has 0 atom stereocenters. The number of hydrogen-bond donors (Lipinski definition) is 0. The summed E-state index contributed by atoms with van der Waals surface area (Å²) in [6.45, 7) is 2.39. The molecular weight excluding hydrogens is 631 g/mol. The van der Waals surface area contributed by atoms with Crippen molar-refractivity contribution in [3.63, 3.8) is 0 Å². The Labute approximate surface area is 303 Å². The number of fused-ring (bicyclic) bond motifs is 6. The summed E-state index contributed by atoms with van der Waals surface area (Å²) in [6, 6.07) is 70.0. The lowest BCUT2D eigenvalue weighted by atomic mass is 9.73. The maximum atomic E-state index is 6.63. The van der Waals surface area contributed by atoms with Crippen molar-refractivity contribution in [2.45, 2.75) is 12.3 Å². The number of anilines is 3. The van der Waals surface area contributed by atoms with Crippen LogP contribution in [0.1, 0.15) is 23.6 Å². The highest BCUT2D eigenvalue weighted by molar-refractivity contribution is 6.08. The van der Waals surface area contributed by atoms with Crippen LogP contribution in [0, 0.1) is 0 Å². The predicted molar refractivity (Wildman–Crippen MR) is 217 cm³/mol. The van der Waals surface area contributed by atoms with Gasteiger partial charge >= 0.3 is 0 Å². The molecule has 0 bridgehead atoms. The second kappa shape index (κ2) is 12.0. The molecule has 1 aliphatic rings. The van der Waals surface area contributed by atoms with Crippen LogP contribution in [0.3, 0.4) is 0 Å². The van der Waals surface area contributed by atoms with Gasteiger partial charge in [0.25, 0.3) is 0 Å². The van der Waals surface area contributed by atoms with Crippen LogP contribution in [0.15, 0.2) is 199 Å². The summed E-state index contributed by atoms with van der Waals surface area (Å²) in [5.41, 5.74) is 15.7. The third-order valence-electron chi connectivity index (χ3n) is 11.0. The number of para-hydroxylation sites is 1. The third kappa shape index (κ3) is 4.72. The van der Waals surface area contributed by atoms with Gasteiger partial charge in [-0.25, -0.2) is 0 Å². The fourth-order valence-corrected chi connectivity index (χ4v) is 8.38. The van der Waals surface area contributed by atoms with E-state index in [4.69, 9.17) is 4.42 Å². The topological polar surface area (TPSA) is 16.4 Å². The molecule has 0 radical (unpaired) electrons. The summed E-state index contributed by atoms with van der Waals surface area (Å²) >= 11 is 0. The number of nitrogens with zero attached hydrogens (tertiary/aromatic N) is 1. The van der Waals surface area contributed by atoms with E-state index < -0.39 is 5.41 Å². The number of hydrogen-bond acceptors (Lipinski definition) is 2. The van der Waals surface area contributed by atoms with Gasteiger partial charge in [-0.3, -0.25) is 0 Å². The quantitative estimate of drug-likeness (QED) is 0.176. The van der Waals surface area contributed by atoms with Crippen LogP contribution < -0.4 is 4.90 Å². The highest BCUT2D eigenvalue weighted by atomic mass is 16.3. The van der Waals surface area contributed by atoms with Crippen LogP contribution in [-0.4, -0.2) is 0 Å². The van der Waals surface area contributed by atoms with Crippen LogP contribution in [0.25, 0.3) is 55.3 Å². The summed E-state index contributed by atoms with van der Waals surface area (Å²) in [6.07, 6.45) is 0. The second-order valence-corrected chi connectivity index (χ2v) is 13.8. The molecule has 2 nitrogen and oxygen atoms in total. The van der Waals surface area contributed by atoms with Crippen molar-refractivity contribution in [1.82, 2.24) is 0 Å². The molecule has 0 amide bonds. The molecule has 52 heavy (non-hydrogen) atoms. The molecular formula is C50H35NO. The average Bonchev–Trinajstić information content (AvgIpc) is 3.71. The minimum atomic E-state index is -0.456. The Balaban J connectivity index is 1.26. The maximum absolute atomic E-state index is 6.63. The fourth-order valence-electron chi connectivity index (χ4n) is 8.38. The predicted octanol–water partition coefficient (Wildman–Crippen LogP) is 13.7. The van der Waals surface area contributed by atoms with E-state index in [1.54, 1.807) is 0 Å². The van der Waals surface area contributed by atoms with Gasteiger partial charge in [-0.2, -0.15) is 0 Å². The molecule has 1 heterocycles. The highest BCUT2D eigenvalue weighted by Gasteiger charge is 2.43. The third-order valence-corrected chi connectivity index (χ3v) is 11.0. The van der Waals surface area contributed by atoms with Gasteiger partial charge in [0.2, 0.25) is 0 Å². The molecule has 0 spiro atoms. The van der Waals surface area contributed by atoms with Crippen molar-refractivity contribution >= 4 is 39.0 Å². The molecule has 0 fully saturated rings. The molecule has 10 rings (SSSR count). The van der Waals surface area contributed by atoms with E-state index in [-0.39, 0.29) is 0 Å². The van der Waals surface area contributed by atoms with Gasteiger partial charge in [-0.05, 0) is 99.5 Å². The molecule has 1 aromatic heterocycles. The second-order valence-electron chi connectivity index (χ2n) is 13.8. The van der Waals surface area contributed by atoms with Gasteiger partial charge in [0.05, 0.1) is 5.69 Å². The Morgan fingerprint density at radius 1 is 0.385 bits per heavy atom. The standard InChI is InChI=1S/C50H35NO/c1-50(44-21-11-8-18-40(44)41-19-9-12-22-45(41)50)46-33-49-43(42-20-10-13-23-48(42)52-49)32-47(46)51(38-28-24-36(25-29-38)34-14-4-2-5-15-34)39-30-26-37(27-31-39)35-16-6-3-7-17-35/h2-33H,1H3. The molecule has 9 aromatic rings. The van der Waals surface area contributed by atoms with Crippen LogP contribution in [-0.2, 0) is 5.41 Å². The Morgan fingerprint density at radius 2 is 0.846 bits per heavy atom. The van der Waals surface area contributed by atoms with Crippen molar-refractivity contribution in [2.24, 2.45) is 0 Å². The van der Waals surface area contributed by atoms with Gasteiger partial charge in [0.15, 0.2) is 0 Å². The largest absolute Gasteiger partial charge is 0.456 e. The smallest absolute Gasteiger partial charge is 0.135 e. The molecule has 0 saturated heterocycles. The Kier molecular flexibility index (Phi) is 6.97. The summed E-state index contributed by atoms with van der Waals surface area (Å²) in [5, 5.41) is 2.21. The lowest BCUT2D eigenvalue weighted by Crippen LogP contribution is -2.26. The SMILES string of the molecule is CC1(c2cc3oc4ccccc4c3cc2N(c2ccc(-c3ccccc3)cc2)c2ccc(-c3ccccc3)cc2)c2ccccc2-c2ccccc21. The monoisotopic (exact) mass is 665 g/mol. The minimum Gasteiger partial charge on any atom is -0.456 e. The van der Waals surface area contributed by atoms with E-state index in [1.165, 1.54) is 50.1 Å². The van der Waals surface area contributed by atoms with Gasteiger partial charge in [0.1, 0.15) is 11.2 Å². The summed E-state index contributed by atoms with van der Waals surface area (Å²) in [4.78, 5) is 2.44. The molecule has 0 saturated carbocycles. The van der Waals surface area contributed by atoms with Crippen LogP contribution in [0.2, 0.25) is 0 Å². The summed E-state index contributed by atoms with van der Waals surface area (Å²) in [7, 11) is 0. The van der Waals surface area contributed by atoms with E-state index in [0.717, 1.165) is 39.0 Å². The molecule has 2 heteroatoms. The molecule has 0 aliphatic heterocycles. The van der Waals surface area contributed by atoms with Crippen molar-refractivity contribution in [3.8, 4) is 33.4 Å². The molecule has 8 aromatic carbocycles. The lowest BCUT2D eigenvalue weighted by Gasteiger charge is -2.35. The molecule has 0 unspecified atom stereocenters. The van der Waals surface area contributed by atoms with Crippen molar-refractivity contribution in [3.05, 3.63) is 211 Å². The maximum Gasteiger partial charge on any atom is 0.135 e. The van der Waals surface area contributed by atoms with Crippen LogP contribution in [0.5, 0.6) is 0 Å². The van der Waals surface area contributed by atoms with Crippen LogP contribution in [0.4, 0.5) is 17.1 Å². The van der Waals surface area contributed by atoms with Crippen molar-refractivity contribution in [2.75, 3.05) is 4.90 Å². The van der Waals surface area contributed by atoms with Gasteiger partial charge in [0, 0.05) is 27.6 Å². The van der Waals surface area contributed by atoms with E-state index >= 15 is 0 Å². The molecule has 246 valence electrons. The fraction of sp³-hybridized carbons (Fsp3) is 0.0400. The number of furan rings is 1. The summed E-state index contributed by atoms with van der Waals surface area (Å²) < 4.78 is 6.63. The van der Waals surface area contributed by atoms with E-state index in [1.807, 2.05) is 6.07 Å². The van der Waals surface area contributed by atoms with Gasteiger partial charge in [-0.15, -0.1) is 0 Å². The normalized spacial score (nSPS) is 12.9. The zero-order valence-corrected chi connectivity index (χ0v) is 28.8. The van der Waals surface area contributed by atoms with E-state index in [2.05, 4.69) is 200 Å². The first-order valence-corrected chi connectivity index (χ1v) is 17.9. The highest BCUT2D eigenvalue weighted by Crippen LogP contribution is 2.56. The molecule has 0 N–H and O–H groups in total. The zero-order valence-electron chi connectivity index (χ0n) is 28.8. The van der Waals surface area contributed by atoms with Gasteiger partial charge in [-0.1, -0.05) is 152 Å². The van der Waals surface area contributed by atoms with Gasteiger partial charge < -0.3 is 9.32 Å². The Hall–Kier alpha value is -6.64. The molecule has 1 aliphatic carbocycles. The first kappa shape index (κ1) is 30.2. The summed E-state index contributed by atoms with van der Waals surface area (Å²) in [5.74, 6) is 0. The van der Waals surface area contributed by atoms with E-state index in [9.17, 15) is 0 Å². The number of benzene rings is 8. The first-order chi connectivity index (χ1) is 25.7. The van der Waals surface area contributed by atoms with E-state index in [0.29, 0.717) is 0 Å². The van der Waals surface area contributed by atoms with Crippen molar-refractivity contribution < 1.29 is 4.42 Å². The van der Waals surface area contributed by atoms with Crippen molar-refractivity contribution in [1.29, 1.82) is 0 Å². The Bertz CT molecular complexity index is 2600. The first-order valence-electron chi connectivity index (χ1n) is 17.9. The van der Waals surface area contributed by atoms with Crippen LogP contribution >= 0.6 is 0 Å². The minimum absolute atomic E-state index is 0.456.